The topological polar surface area (TPSA) is 36.4 Å². The molecular weight excluding hydrogens is 266 g/mol. The quantitative estimate of drug-likeness (QED) is 0.625. The summed E-state index contributed by atoms with van der Waals surface area (Å²) in [6, 6.07) is 5.87. The molecule has 2 rings (SSSR count). The van der Waals surface area contributed by atoms with Crippen molar-refractivity contribution < 1.29 is 0 Å². The van der Waals surface area contributed by atoms with Gasteiger partial charge in [-0.05, 0) is 30.5 Å². The summed E-state index contributed by atoms with van der Waals surface area (Å²) < 4.78 is 3.19. The van der Waals surface area contributed by atoms with Crippen molar-refractivity contribution in [3.63, 3.8) is 0 Å². The number of para-hydroxylation sites is 1. The van der Waals surface area contributed by atoms with Crippen molar-refractivity contribution in [2.45, 2.75) is 37.5 Å². The highest BCUT2D eigenvalue weighted by Gasteiger charge is 2.15. The minimum Gasteiger partial charge on any atom is -0.323 e. The molecule has 18 heavy (non-hydrogen) atoms. The van der Waals surface area contributed by atoms with Gasteiger partial charge in [0, 0.05) is 6.54 Å². The number of hydrogen-bond donors (Lipinski definition) is 2. The second-order valence-corrected chi connectivity index (χ2v) is 5.49. The van der Waals surface area contributed by atoms with Crippen molar-refractivity contribution in [2.24, 2.45) is 4.99 Å². The first-order valence-electron chi connectivity index (χ1n) is 6.34. The summed E-state index contributed by atoms with van der Waals surface area (Å²) in [5.74, 6) is 0.803. The highest BCUT2D eigenvalue weighted by Crippen LogP contribution is 2.34. The van der Waals surface area contributed by atoms with Gasteiger partial charge < -0.3 is 5.32 Å². The fraction of sp³-hybridized carbons (Fsp3) is 0.462. The fourth-order valence-corrected chi connectivity index (χ4v) is 2.77. The van der Waals surface area contributed by atoms with Crippen LogP contribution < -0.4 is 10.0 Å². The average molecular weight is 284 g/mol. The standard InChI is InChI=1S/C13H18ClN3S/c1-2-3-4-5-9-15-13-16-12-10(14)7-6-8-11(12)18-17-13/h6-8H,2-5,9H2,1H3,(H2,15,16,17). The number of unbranched alkanes of at least 4 members (excludes halogenated alkanes) is 3. The van der Waals surface area contributed by atoms with E-state index in [1.165, 1.54) is 19.3 Å². The minimum atomic E-state index is 0.736. The Kier molecular flexibility index (Phi) is 5.20. The number of rotatable bonds is 5. The molecule has 0 saturated carbocycles. The lowest BCUT2D eigenvalue weighted by Gasteiger charge is -2.21. The van der Waals surface area contributed by atoms with Crippen LogP contribution in [0.3, 0.4) is 0 Å². The summed E-state index contributed by atoms with van der Waals surface area (Å²) >= 11 is 7.70. The molecule has 98 valence electrons. The summed E-state index contributed by atoms with van der Waals surface area (Å²) in [6.07, 6.45) is 4.93. The molecule has 0 aliphatic carbocycles. The number of hydrogen-bond acceptors (Lipinski definition) is 2. The summed E-state index contributed by atoms with van der Waals surface area (Å²) in [5.41, 5.74) is 0.954. The highest BCUT2D eigenvalue weighted by molar-refractivity contribution is 7.98. The number of nitrogens with zero attached hydrogens (tertiary/aromatic N) is 1. The lowest BCUT2D eigenvalue weighted by molar-refractivity contribution is 0.674. The van der Waals surface area contributed by atoms with Gasteiger partial charge in [-0.2, -0.15) is 0 Å². The van der Waals surface area contributed by atoms with E-state index in [9.17, 15) is 0 Å². The molecule has 0 spiro atoms. The van der Waals surface area contributed by atoms with E-state index in [4.69, 9.17) is 11.6 Å². The Labute approximate surface area is 118 Å². The third kappa shape index (κ3) is 3.56. The molecule has 5 heteroatoms. The number of fused-ring (bicyclic) bond motifs is 1. The fourth-order valence-electron chi connectivity index (χ4n) is 1.76. The minimum absolute atomic E-state index is 0.736. The molecule has 1 aromatic carbocycles. The normalized spacial score (nSPS) is 16.0. The summed E-state index contributed by atoms with van der Waals surface area (Å²) in [4.78, 5) is 5.61. The summed E-state index contributed by atoms with van der Waals surface area (Å²) in [6.45, 7) is 3.07. The Morgan fingerprint density at radius 3 is 3.00 bits per heavy atom. The van der Waals surface area contributed by atoms with Gasteiger partial charge >= 0.3 is 0 Å². The molecule has 0 bridgehead atoms. The van der Waals surface area contributed by atoms with E-state index >= 15 is 0 Å². The Balaban J connectivity index is 1.91. The van der Waals surface area contributed by atoms with Gasteiger partial charge in [0.1, 0.15) is 0 Å². The van der Waals surface area contributed by atoms with Crippen molar-refractivity contribution in [2.75, 3.05) is 11.9 Å². The van der Waals surface area contributed by atoms with Gasteiger partial charge in [-0.15, -0.1) is 0 Å². The molecule has 1 aliphatic heterocycles. The third-order valence-corrected chi connectivity index (χ3v) is 3.93. The first-order valence-corrected chi connectivity index (χ1v) is 7.53. The smallest absolute Gasteiger partial charge is 0.206 e. The van der Waals surface area contributed by atoms with E-state index in [1.54, 1.807) is 11.9 Å². The van der Waals surface area contributed by atoms with Gasteiger partial charge in [0.15, 0.2) is 0 Å². The van der Waals surface area contributed by atoms with Crippen LogP contribution >= 0.6 is 23.5 Å². The van der Waals surface area contributed by atoms with E-state index in [1.807, 2.05) is 18.2 Å². The monoisotopic (exact) mass is 283 g/mol. The van der Waals surface area contributed by atoms with Gasteiger partial charge in [0.05, 0.1) is 15.6 Å². The predicted molar refractivity (Wildman–Crippen MR) is 80.5 cm³/mol. The molecule has 0 aromatic heterocycles. The van der Waals surface area contributed by atoms with Crippen molar-refractivity contribution in [3.05, 3.63) is 23.2 Å². The largest absolute Gasteiger partial charge is 0.323 e. The second kappa shape index (κ2) is 6.90. The molecule has 0 fully saturated rings. The van der Waals surface area contributed by atoms with Gasteiger partial charge in [-0.3, -0.25) is 9.71 Å². The van der Waals surface area contributed by atoms with Crippen LogP contribution in [0.4, 0.5) is 5.69 Å². The number of guanidine groups is 1. The molecular formula is C13H18ClN3S. The second-order valence-electron chi connectivity index (χ2n) is 4.23. The zero-order valence-electron chi connectivity index (χ0n) is 10.5. The van der Waals surface area contributed by atoms with Gasteiger partial charge in [-0.25, -0.2) is 0 Å². The Bertz CT molecular complexity index is 434. The zero-order chi connectivity index (χ0) is 12.8. The maximum absolute atomic E-state index is 6.15. The molecule has 1 heterocycles. The van der Waals surface area contributed by atoms with Gasteiger partial charge in [0.2, 0.25) is 5.96 Å². The van der Waals surface area contributed by atoms with E-state index in [2.05, 4.69) is 22.0 Å². The number of benzene rings is 1. The van der Waals surface area contributed by atoms with Crippen molar-refractivity contribution in [3.8, 4) is 0 Å². The number of halogens is 1. The molecule has 2 N–H and O–H groups in total. The van der Waals surface area contributed by atoms with Crippen molar-refractivity contribution in [1.82, 2.24) is 4.72 Å². The number of aliphatic imine (C=N–C) groups is 1. The zero-order valence-corrected chi connectivity index (χ0v) is 12.1. The molecule has 3 nitrogen and oxygen atoms in total. The van der Waals surface area contributed by atoms with Crippen LogP contribution in [0, 0.1) is 0 Å². The van der Waals surface area contributed by atoms with E-state index in [0.717, 1.165) is 34.5 Å². The SMILES string of the molecule is CCCCCCN=C1NSc2cccc(Cl)c2N1. The molecule has 0 unspecified atom stereocenters. The molecule has 0 saturated heterocycles. The van der Waals surface area contributed by atoms with Crippen LogP contribution in [0.2, 0.25) is 5.02 Å². The molecule has 0 amide bonds. The van der Waals surface area contributed by atoms with Crippen LogP contribution in [0.1, 0.15) is 32.6 Å². The molecule has 0 atom stereocenters. The first-order chi connectivity index (χ1) is 8.81. The number of anilines is 1. The molecule has 0 radical (unpaired) electrons. The predicted octanol–water partition coefficient (Wildman–Crippen LogP) is 4.30. The average Bonchev–Trinajstić information content (AvgIpc) is 2.39. The molecule has 1 aromatic rings. The highest BCUT2D eigenvalue weighted by atomic mass is 35.5. The lowest BCUT2D eigenvalue weighted by atomic mass is 10.2. The maximum atomic E-state index is 6.15. The lowest BCUT2D eigenvalue weighted by Crippen LogP contribution is -2.29. The van der Waals surface area contributed by atoms with Crippen LogP contribution in [0.15, 0.2) is 28.1 Å². The van der Waals surface area contributed by atoms with Crippen LogP contribution in [0.5, 0.6) is 0 Å². The summed E-state index contributed by atoms with van der Waals surface area (Å²) in [5, 5.41) is 3.98. The Morgan fingerprint density at radius 2 is 2.17 bits per heavy atom. The van der Waals surface area contributed by atoms with Crippen molar-refractivity contribution in [1.29, 1.82) is 0 Å². The van der Waals surface area contributed by atoms with E-state index in [-0.39, 0.29) is 0 Å². The van der Waals surface area contributed by atoms with Gasteiger partial charge in [0.25, 0.3) is 0 Å². The van der Waals surface area contributed by atoms with E-state index < -0.39 is 0 Å². The molecule has 1 aliphatic rings. The first kappa shape index (κ1) is 13.6. The van der Waals surface area contributed by atoms with Crippen molar-refractivity contribution >= 4 is 35.2 Å². The van der Waals surface area contributed by atoms with Crippen LogP contribution in [-0.4, -0.2) is 12.5 Å². The Morgan fingerprint density at radius 1 is 1.28 bits per heavy atom. The van der Waals surface area contributed by atoms with Gasteiger partial charge in [-0.1, -0.05) is 43.9 Å². The summed E-state index contributed by atoms with van der Waals surface area (Å²) in [7, 11) is 0. The Hall–Kier alpha value is -0.870. The van der Waals surface area contributed by atoms with Crippen LogP contribution in [-0.2, 0) is 0 Å². The number of nitrogens with one attached hydrogen (secondary N) is 2. The van der Waals surface area contributed by atoms with Crippen LogP contribution in [0.25, 0.3) is 0 Å². The maximum Gasteiger partial charge on any atom is 0.206 e. The third-order valence-electron chi connectivity index (χ3n) is 2.76. The van der Waals surface area contributed by atoms with E-state index in [0.29, 0.717) is 0 Å².